The average Bonchev–Trinajstić information content (AvgIpc) is 2.67. The molecule has 2 aromatic rings. The number of hydrogen-bond donors (Lipinski definition) is 1. The smallest absolute Gasteiger partial charge is 0.278 e. The number of aromatic nitrogens is 1. The van der Waals surface area contributed by atoms with Crippen LogP contribution in [0.3, 0.4) is 0 Å². The molecule has 0 unspecified atom stereocenters. The summed E-state index contributed by atoms with van der Waals surface area (Å²) in [5.74, 6) is 0. The largest absolute Gasteiger partial charge is 0.332 e. The number of nitrogens with two attached hydrogens (primary N) is 1. The Hall–Kier alpha value is -1.35. The van der Waals surface area contributed by atoms with Crippen molar-refractivity contribution in [3.63, 3.8) is 0 Å². The molecule has 3 heteroatoms. The monoisotopic (exact) mass is 247 g/mol. The minimum Gasteiger partial charge on any atom is -0.278 e. The summed E-state index contributed by atoms with van der Waals surface area (Å²) in [7, 11) is 0. The van der Waals surface area contributed by atoms with Gasteiger partial charge in [0.25, 0.3) is 0 Å². The molecule has 2 rings (SSSR count). The van der Waals surface area contributed by atoms with Crippen molar-refractivity contribution < 1.29 is 4.57 Å². The maximum Gasteiger partial charge on any atom is 0.332 e. The van der Waals surface area contributed by atoms with Crippen LogP contribution in [0.1, 0.15) is 31.7 Å². The first-order valence-corrected chi connectivity index (χ1v) is 6.84. The lowest BCUT2D eigenvalue weighted by Crippen LogP contribution is -2.39. The summed E-state index contributed by atoms with van der Waals surface area (Å²) < 4.78 is 2.23. The molecule has 0 saturated carbocycles. The Labute approximate surface area is 107 Å². The summed E-state index contributed by atoms with van der Waals surface area (Å²) in [6.07, 6.45) is 1.03. The normalized spacial score (nSPS) is 11.1. The highest BCUT2D eigenvalue weighted by Gasteiger charge is 2.23. The molecule has 17 heavy (non-hydrogen) atoms. The van der Waals surface area contributed by atoms with Gasteiger partial charge in [-0.15, -0.1) is 0 Å². The highest BCUT2D eigenvalue weighted by Crippen LogP contribution is 2.29. The predicted octanol–water partition coefficient (Wildman–Crippen LogP) is 3.43. The molecule has 0 amide bonds. The van der Waals surface area contributed by atoms with Gasteiger partial charge in [-0.3, -0.25) is 5.73 Å². The summed E-state index contributed by atoms with van der Waals surface area (Å²) in [4.78, 5) is 1.36. The summed E-state index contributed by atoms with van der Waals surface area (Å²) in [5.41, 5.74) is 8.68. The molecule has 0 atom stereocenters. The van der Waals surface area contributed by atoms with E-state index in [4.69, 9.17) is 5.73 Å². The zero-order chi connectivity index (χ0) is 12.4. The van der Waals surface area contributed by atoms with Crippen molar-refractivity contribution in [2.24, 2.45) is 0 Å². The first-order chi connectivity index (χ1) is 8.15. The molecular weight excluding hydrogens is 228 g/mol. The van der Waals surface area contributed by atoms with E-state index in [-0.39, 0.29) is 0 Å². The highest BCUT2D eigenvalue weighted by molar-refractivity contribution is 7.15. The minimum absolute atomic E-state index is 0.391. The summed E-state index contributed by atoms with van der Waals surface area (Å²) in [5, 5.41) is 0.899. The van der Waals surface area contributed by atoms with Gasteiger partial charge in [-0.2, -0.15) is 0 Å². The number of aryl methyl sites for hydroxylation is 1. The minimum atomic E-state index is 0.391. The number of thiazole rings is 1. The van der Waals surface area contributed by atoms with Crippen molar-refractivity contribution in [3.8, 4) is 11.3 Å². The fourth-order valence-corrected chi connectivity index (χ4v) is 3.23. The Morgan fingerprint density at radius 1 is 1.24 bits per heavy atom. The fourth-order valence-electron chi connectivity index (χ4n) is 2.12. The standard InChI is InChI=1S/C14H18N2S/c1-4-12-13(11-8-6-5-7-9-11)16(10(2)3)14(15)17-12/h5-10,15H,4H2,1-3H3/p+1. The third-order valence-corrected chi connectivity index (χ3v) is 3.99. The lowest BCUT2D eigenvalue weighted by molar-refractivity contribution is -0.688. The van der Waals surface area contributed by atoms with Crippen LogP contribution in [0.4, 0.5) is 5.13 Å². The van der Waals surface area contributed by atoms with Crippen LogP contribution in [-0.2, 0) is 6.42 Å². The Morgan fingerprint density at radius 3 is 2.41 bits per heavy atom. The molecule has 0 aliphatic carbocycles. The van der Waals surface area contributed by atoms with E-state index in [0.29, 0.717) is 6.04 Å². The average molecular weight is 247 g/mol. The third-order valence-electron chi connectivity index (χ3n) is 2.85. The van der Waals surface area contributed by atoms with E-state index < -0.39 is 0 Å². The van der Waals surface area contributed by atoms with Crippen molar-refractivity contribution in [3.05, 3.63) is 35.2 Å². The summed E-state index contributed by atoms with van der Waals surface area (Å²) in [6, 6.07) is 10.9. The van der Waals surface area contributed by atoms with Crippen molar-refractivity contribution in [2.75, 3.05) is 5.73 Å². The molecule has 0 spiro atoms. The van der Waals surface area contributed by atoms with Crippen LogP contribution in [-0.4, -0.2) is 0 Å². The van der Waals surface area contributed by atoms with E-state index >= 15 is 0 Å². The molecule has 90 valence electrons. The van der Waals surface area contributed by atoms with Crippen LogP contribution in [0.25, 0.3) is 11.3 Å². The van der Waals surface area contributed by atoms with Gasteiger partial charge >= 0.3 is 5.13 Å². The molecule has 0 fully saturated rings. The van der Waals surface area contributed by atoms with E-state index in [1.54, 1.807) is 11.3 Å². The van der Waals surface area contributed by atoms with Gasteiger partial charge < -0.3 is 0 Å². The number of benzene rings is 1. The van der Waals surface area contributed by atoms with Crippen LogP contribution < -0.4 is 10.3 Å². The number of nitrogen functional groups attached to an aromatic ring is 1. The Balaban J connectivity index is 2.66. The van der Waals surface area contributed by atoms with Crippen LogP contribution in [0.2, 0.25) is 0 Å². The van der Waals surface area contributed by atoms with E-state index in [2.05, 4.69) is 49.6 Å². The van der Waals surface area contributed by atoms with Crippen LogP contribution >= 0.6 is 11.3 Å². The Bertz CT molecular complexity index is 500. The van der Waals surface area contributed by atoms with Gasteiger partial charge in [-0.1, -0.05) is 48.6 Å². The molecule has 0 radical (unpaired) electrons. The summed E-state index contributed by atoms with van der Waals surface area (Å²) in [6.45, 7) is 6.53. The van der Waals surface area contributed by atoms with Crippen LogP contribution in [0.15, 0.2) is 30.3 Å². The topological polar surface area (TPSA) is 29.9 Å². The quantitative estimate of drug-likeness (QED) is 0.827. The van der Waals surface area contributed by atoms with Gasteiger partial charge in [0.1, 0.15) is 5.69 Å². The SMILES string of the molecule is CCc1sc(N)[n+](C(C)C)c1-c1ccccc1. The molecule has 0 aliphatic rings. The second kappa shape index (κ2) is 4.88. The second-order valence-electron chi connectivity index (χ2n) is 4.40. The first kappa shape index (κ1) is 12.1. The van der Waals surface area contributed by atoms with Crippen LogP contribution in [0.5, 0.6) is 0 Å². The highest BCUT2D eigenvalue weighted by atomic mass is 32.1. The molecule has 2 nitrogen and oxygen atoms in total. The summed E-state index contributed by atoms with van der Waals surface area (Å²) >= 11 is 1.70. The van der Waals surface area contributed by atoms with Gasteiger partial charge in [0.15, 0.2) is 0 Å². The van der Waals surface area contributed by atoms with Gasteiger partial charge in [-0.25, -0.2) is 4.57 Å². The van der Waals surface area contributed by atoms with Gasteiger partial charge in [0, 0.05) is 5.56 Å². The van der Waals surface area contributed by atoms with Gasteiger partial charge in [0.2, 0.25) is 0 Å². The number of rotatable bonds is 3. The van der Waals surface area contributed by atoms with Crippen molar-refractivity contribution in [1.82, 2.24) is 0 Å². The van der Waals surface area contributed by atoms with E-state index in [1.165, 1.54) is 16.1 Å². The van der Waals surface area contributed by atoms with Gasteiger partial charge in [0.05, 0.1) is 10.9 Å². The molecule has 1 aromatic heterocycles. The van der Waals surface area contributed by atoms with Gasteiger partial charge in [-0.05, 0) is 20.3 Å². The lowest BCUT2D eigenvalue weighted by atomic mass is 10.1. The van der Waals surface area contributed by atoms with Crippen molar-refractivity contribution in [2.45, 2.75) is 33.2 Å². The molecular formula is C14H19N2S+. The van der Waals surface area contributed by atoms with Crippen LogP contribution in [0, 0.1) is 0 Å². The fraction of sp³-hybridized carbons (Fsp3) is 0.357. The molecule has 0 aliphatic heterocycles. The number of nitrogens with zero attached hydrogens (tertiary/aromatic N) is 1. The second-order valence-corrected chi connectivity index (χ2v) is 5.51. The maximum absolute atomic E-state index is 6.14. The predicted molar refractivity (Wildman–Crippen MR) is 74.1 cm³/mol. The third kappa shape index (κ3) is 2.20. The van der Waals surface area contributed by atoms with Crippen molar-refractivity contribution >= 4 is 16.5 Å². The number of anilines is 1. The van der Waals surface area contributed by atoms with E-state index in [9.17, 15) is 0 Å². The van der Waals surface area contributed by atoms with E-state index in [0.717, 1.165) is 11.6 Å². The zero-order valence-electron chi connectivity index (χ0n) is 10.6. The molecule has 0 saturated heterocycles. The molecule has 1 aromatic carbocycles. The van der Waals surface area contributed by atoms with E-state index in [1.807, 2.05) is 6.07 Å². The maximum atomic E-state index is 6.14. The molecule has 0 bridgehead atoms. The zero-order valence-corrected chi connectivity index (χ0v) is 11.4. The van der Waals surface area contributed by atoms with Crippen molar-refractivity contribution in [1.29, 1.82) is 0 Å². The number of hydrogen-bond acceptors (Lipinski definition) is 2. The molecule has 1 heterocycles. The molecule has 2 N–H and O–H groups in total. The Morgan fingerprint density at radius 2 is 1.88 bits per heavy atom. The Kier molecular flexibility index (Phi) is 3.48. The first-order valence-electron chi connectivity index (χ1n) is 6.03. The lowest BCUT2D eigenvalue weighted by Gasteiger charge is -2.08.